The monoisotopic (exact) mass is 208 g/mol. The lowest BCUT2D eigenvalue weighted by Crippen LogP contribution is -1.97. The molecule has 1 aromatic rings. The third kappa shape index (κ3) is 3.69. The second-order valence-corrected chi connectivity index (χ2v) is 3.45. The molecule has 0 radical (unpaired) electrons. The standard InChI is InChI=1S/C12H13ClO/c1-3-10(2)8-9-14-12-6-4-11(13)5-7-12/h4-7H,1,8-9H2,2H3. The number of hydrogen-bond acceptors (Lipinski definition) is 1. The highest BCUT2D eigenvalue weighted by Gasteiger charge is 1.94. The Kier molecular flexibility index (Phi) is 4.31. The fraction of sp³-hybridized carbons (Fsp3) is 0.250. The topological polar surface area (TPSA) is 9.23 Å². The third-order valence-corrected chi connectivity index (χ3v) is 2.11. The highest BCUT2D eigenvalue weighted by Crippen LogP contribution is 2.15. The first-order valence-electron chi connectivity index (χ1n) is 4.46. The highest BCUT2D eigenvalue weighted by molar-refractivity contribution is 6.30. The molecular weight excluding hydrogens is 196 g/mol. The van der Waals surface area contributed by atoms with Crippen molar-refractivity contribution in [2.24, 2.45) is 0 Å². The minimum absolute atomic E-state index is 0.649. The van der Waals surface area contributed by atoms with Crippen LogP contribution in [0.25, 0.3) is 0 Å². The summed E-state index contributed by atoms with van der Waals surface area (Å²) in [6, 6.07) is 7.34. The maximum Gasteiger partial charge on any atom is 0.119 e. The van der Waals surface area contributed by atoms with Crippen molar-refractivity contribution in [2.45, 2.75) is 13.3 Å². The van der Waals surface area contributed by atoms with E-state index in [1.807, 2.05) is 31.2 Å². The molecule has 14 heavy (non-hydrogen) atoms. The van der Waals surface area contributed by atoms with Gasteiger partial charge >= 0.3 is 0 Å². The maximum atomic E-state index is 5.74. The molecule has 0 saturated carbocycles. The van der Waals surface area contributed by atoms with Crippen LogP contribution in [0.4, 0.5) is 0 Å². The summed E-state index contributed by atoms with van der Waals surface area (Å²) in [5.41, 5.74) is 3.94. The van der Waals surface area contributed by atoms with E-state index >= 15 is 0 Å². The van der Waals surface area contributed by atoms with Crippen molar-refractivity contribution in [2.75, 3.05) is 6.61 Å². The number of rotatable bonds is 4. The van der Waals surface area contributed by atoms with Gasteiger partial charge in [0.1, 0.15) is 5.75 Å². The molecule has 0 aliphatic carbocycles. The molecule has 0 bridgehead atoms. The Morgan fingerprint density at radius 3 is 2.64 bits per heavy atom. The van der Waals surface area contributed by atoms with E-state index in [0.29, 0.717) is 6.61 Å². The largest absolute Gasteiger partial charge is 0.493 e. The number of hydrogen-bond donors (Lipinski definition) is 0. The van der Waals surface area contributed by atoms with Crippen LogP contribution >= 0.6 is 11.6 Å². The molecule has 0 atom stereocenters. The van der Waals surface area contributed by atoms with E-state index < -0.39 is 0 Å². The van der Waals surface area contributed by atoms with E-state index in [1.165, 1.54) is 0 Å². The maximum absolute atomic E-state index is 5.74. The smallest absolute Gasteiger partial charge is 0.119 e. The molecule has 0 saturated heterocycles. The van der Waals surface area contributed by atoms with Crippen LogP contribution in [0.15, 0.2) is 42.1 Å². The summed E-state index contributed by atoms with van der Waals surface area (Å²) in [5.74, 6) is 0.839. The molecule has 0 aliphatic rings. The van der Waals surface area contributed by atoms with Gasteiger partial charge in [-0.15, -0.1) is 5.73 Å². The zero-order valence-corrected chi connectivity index (χ0v) is 8.97. The quantitative estimate of drug-likeness (QED) is 0.684. The Labute approximate surface area is 89.7 Å². The summed E-state index contributed by atoms with van der Waals surface area (Å²) in [5, 5.41) is 0.722. The van der Waals surface area contributed by atoms with Gasteiger partial charge in [-0.3, -0.25) is 0 Å². The van der Waals surface area contributed by atoms with Gasteiger partial charge in [0, 0.05) is 11.4 Å². The van der Waals surface area contributed by atoms with Crippen molar-refractivity contribution in [3.05, 3.63) is 47.2 Å². The normalized spacial score (nSPS) is 9.29. The SMILES string of the molecule is C=C=C(C)CCOc1ccc(Cl)cc1. The van der Waals surface area contributed by atoms with Gasteiger partial charge in [-0.2, -0.15) is 0 Å². The molecule has 1 rings (SSSR count). The Balaban J connectivity index is 2.39. The van der Waals surface area contributed by atoms with Gasteiger partial charge in [-0.1, -0.05) is 18.2 Å². The highest BCUT2D eigenvalue weighted by atomic mass is 35.5. The van der Waals surface area contributed by atoms with Gasteiger partial charge in [0.05, 0.1) is 6.61 Å². The summed E-state index contributed by atoms with van der Waals surface area (Å²) >= 11 is 5.74. The zero-order valence-electron chi connectivity index (χ0n) is 8.22. The van der Waals surface area contributed by atoms with E-state index in [-0.39, 0.29) is 0 Å². The van der Waals surface area contributed by atoms with Crippen molar-refractivity contribution >= 4 is 11.6 Å². The molecule has 0 fully saturated rings. The van der Waals surface area contributed by atoms with E-state index in [4.69, 9.17) is 16.3 Å². The Bertz CT molecular complexity index is 334. The summed E-state index contributed by atoms with van der Waals surface area (Å²) in [7, 11) is 0. The zero-order chi connectivity index (χ0) is 10.4. The molecule has 0 aromatic heterocycles. The summed E-state index contributed by atoms with van der Waals surface area (Å²) < 4.78 is 5.49. The lowest BCUT2D eigenvalue weighted by Gasteiger charge is -2.05. The summed E-state index contributed by atoms with van der Waals surface area (Å²) in [6.45, 7) is 6.20. The average Bonchev–Trinajstić information content (AvgIpc) is 2.21. The van der Waals surface area contributed by atoms with E-state index in [0.717, 1.165) is 22.8 Å². The second-order valence-electron chi connectivity index (χ2n) is 3.01. The van der Waals surface area contributed by atoms with Gasteiger partial charge in [0.2, 0.25) is 0 Å². The van der Waals surface area contributed by atoms with E-state index in [1.54, 1.807) is 0 Å². The molecule has 1 aromatic carbocycles. The first-order chi connectivity index (χ1) is 6.72. The molecule has 0 spiro atoms. The van der Waals surface area contributed by atoms with Crippen LogP contribution in [0.2, 0.25) is 5.02 Å². The molecule has 0 unspecified atom stereocenters. The van der Waals surface area contributed by atoms with Gasteiger partial charge < -0.3 is 4.74 Å². The van der Waals surface area contributed by atoms with Gasteiger partial charge in [0.25, 0.3) is 0 Å². The fourth-order valence-corrected chi connectivity index (χ4v) is 1.07. The minimum atomic E-state index is 0.649. The molecule has 2 heteroatoms. The van der Waals surface area contributed by atoms with Gasteiger partial charge in [-0.25, -0.2) is 0 Å². The van der Waals surface area contributed by atoms with Crippen molar-refractivity contribution in [1.29, 1.82) is 0 Å². The number of ether oxygens (including phenoxy) is 1. The molecule has 0 aliphatic heterocycles. The molecule has 74 valence electrons. The predicted molar refractivity (Wildman–Crippen MR) is 59.9 cm³/mol. The van der Waals surface area contributed by atoms with Crippen LogP contribution in [-0.2, 0) is 0 Å². The lowest BCUT2D eigenvalue weighted by molar-refractivity contribution is 0.321. The number of benzene rings is 1. The van der Waals surface area contributed by atoms with Crippen LogP contribution in [0.3, 0.4) is 0 Å². The third-order valence-electron chi connectivity index (χ3n) is 1.86. The fourth-order valence-electron chi connectivity index (χ4n) is 0.941. The molecule has 0 N–H and O–H groups in total. The first kappa shape index (κ1) is 10.9. The molecular formula is C12H13ClO. The predicted octanol–water partition coefficient (Wildman–Crippen LogP) is 3.84. The Morgan fingerprint density at radius 2 is 2.07 bits per heavy atom. The van der Waals surface area contributed by atoms with E-state index in [9.17, 15) is 0 Å². The molecule has 1 nitrogen and oxygen atoms in total. The van der Waals surface area contributed by atoms with Crippen LogP contribution in [0, 0.1) is 0 Å². The summed E-state index contributed by atoms with van der Waals surface area (Å²) in [4.78, 5) is 0. The molecule has 0 heterocycles. The van der Waals surface area contributed by atoms with Crippen molar-refractivity contribution in [3.8, 4) is 5.75 Å². The van der Waals surface area contributed by atoms with Gasteiger partial charge in [-0.05, 0) is 36.8 Å². The lowest BCUT2D eigenvalue weighted by atomic mass is 10.2. The molecule has 0 amide bonds. The number of halogens is 1. The summed E-state index contributed by atoms with van der Waals surface area (Å²) in [6.07, 6.45) is 0.853. The van der Waals surface area contributed by atoms with Crippen LogP contribution in [0.1, 0.15) is 13.3 Å². The van der Waals surface area contributed by atoms with Crippen LogP contribution in [0.5, 0.6) is 5.75 Å². The van der Waals surface area contributed by atoms with Gasteiger partial charge in [0.15, 0.2) is 0 Å². The second kappa shape index (κ2) is 5.54. The van der Waals surface area contributed by atoms with Crippen molar-refractivity contribution in [1.82, 2.24) is 0 Å². The average molecular weight is 209 g/mol. The van der Waals surface area contributed by atoms with E-state index in [2.05, 4.69) is 12.3 Å². The Morgan fingerprint density at radius 1 is 1.43 bits per heavy atom. The van der Waals surface area contributed by atoms with Crippen LogP contribution < -0.4 is 4.74 Å². The first-order valence-corrected chi connectivity index (χ1v) is 4.84. The van der Waals surface area contributed by atoms with Crippen molar-refractivity contribution in [3.63, 3.8) is 0 Å². The Hall–Kier alpha value is -1.17. The minimum Gasteiger partial charge on any atom is -0.493 e. The van der Waals surface area contributed by atoms with Crippen LogP contribution in [-0.4, -0.2) is 6.61 Å². The van der Waals surface area contributed by atoms with Crippen molar-refractivity contribution < 1.29 is 4.74 Å².